The molecule has 0 aromatic carbocycles. The van der Waals surface area contributed by atoms with Crippen LogP contribution in [0.25, 0.3) is 0 Å². The molecule has 0 spiro atoms. The van der Waals surface area contributed by atoms with Crippen molar-refractivity contribution in [3.63, 3.8) is 0 Å². The van der Waals surface area contributed by atoms with Crippen LogP contribution in [0.5, 0.6) is 0 Å². The number of hydrogen-bond donors (Lipinski definition) is 1. The molecule has 0 aliphatic heterocycles. The van der Waals surface area contributed by atoms with Crippen molar-refractivity contribution in [2.75, 3.05) is 5.32 Å². The molecular formula is C17H24N4OSSi. The second kappa shape index (κ2) is 7.43. The lowest BCUT2D eigenvalue weighted by Gasteiger charge is -2.34. The van der Waals surface area contributed by atoms with Crippen LogP contribution in [0.1, 0.15) is 42.9 Å². The van der Waals surface area contributed by atoms with Crippen molar-refractivity contribution < 1.29 is 4.43 Å². The molecular weight excluding hydrogens is 336 g/mol. The first-order valence-corrected chi connectivity index (χ1v) is 11.6. The van der Waals surface area contributed by atoms with Crippen molar-refractivity contribution in [1.82, 2.24) is 9.97 Å². The van der Waals surface area contributed by atoms with Gasteiger partial charge in [-0.15, -0.1) is 0 Å². The summed E-state index contributed by atoms with van der Waals surface area (Å²) in [6.45, 7) is 13.0. The Morgan fingerprint density at radius 3 is 2.58 bits per heavy atom. The second-order valence-corrected chi connectivity index (χ2v) is 10.5. The summed E-state index contributed by atoms with van der Waals surface area (Å²) in [5.41, 5.74) is 2.20. The SMILES string of the molecule is Cc1c(C(O[SiH](C)C)C(C)(C)C)ccnc1Nc1ncc(C#N)s1. The molecule has 0 radical (unpaired) electrons. The maximum Gasteiger partial charge on any atom is 0.189 e. The number of pyridine rings is 1. The van der Waals surface area contributed by atoms with Gasteiger partial charge >= 0.3 is 0 Å². The van der Waals surface area contributed by atoms with Crippen molar-refractivity contribution >= 4 is 31.3 Å². The third-order valence-corrected chi connectivity index (χ3v) is 5.20. The van der Waals surface area contributed by atoms with Gasteiger partial charge in [-0.05, 0) is 42.6 Å². The zero-order valence-electron chi connectivity index (χ0n) is 15.0. The normalized spacial score (nSPS) is 12.9. The number of nitrogens with one attached hydrogen (secondary N) is 1. The minimum absolute atomic E-state index is 0.00415. The zero-order chi connectivity index (χ0) is 17.9. The molecule has 2 rings (SSSR count). The first-order chi connectivity index (χ1) is 11.2. The van der Waals surface area contributed by atoms with Crippen molar-refractivity contribution in [3.8, 4) is 6.07 Å². The maximum absolute atomic E-state index is 8.93. The Morgan fingerprint density at radius 2 is 2.04 bits per heavy atom. The molecule has 1 unspecified atom stereocenters. The van der Waals surface area contributed by atoms with E-state index in [-0.39, 0.29) is 11.5 Å². The van der Waals surface area contributed by atoms with Gasteiger partial charge in [0.25, 0.3) is 0 Å². The third-order valence-electron chi connectivity index (χ3n) is 3.56. The number of hydrogen-bond acceptors (Lipinski definition) is 6. The van der Waals surface area contributed by atoms with E-state index in [0.29, 0.717) is 10.0 Å². The van der Waals surface area contributed by atoms with Crippen LogP contribution in [0.15, 0.2) is 18.5 Å². The van der Waals surface area contributed by atoms with Crippen LogP contribution in [0.2, 0.25) is 13.1 Å². The monoisotopic (exact) mass is 360 g/mol. The molecule has 0 aliphatic rings. The summed E-state index contributed by atoms with van der Waals surface area (Å²) >= 11 is 1.32. The Bertz CT molecular complexity index is 746. The molecule has 24 heavy (non-hydrogen) atoms. The van der Waals surface area contributed by atoms with Gasteiger partial charge in [-0.1, -0.05) is 32.1 Å². The van der Waals surface area contributed by atoms with Gasteiger partial charge in [0.05, 0.1) is 12.3 Å². The van der Waals surface area contributed by atoms with Crippen LogP contribution in [0.4, 0.5) is 10.9 Å². The molecule has 0 aliphatic carbocycles. The first kappa shape index (κ1) is 18.6. The number of rotatable bonds is 5. The number of thiazole rings is 1. The highest BCUT2D eigenvalue weighted by Gasteiger charge is 2.30. The second-order valence-electron chi connectivity index (χ2n) is 7.07. The van der Waals surface area contributed by atoms with E-state index >= 15 is 0 Å². The van der Waals surface area contributed by atoms with Crippen molar-refractivity contribution in [1.29, 1.82) is 5.26 Å². The fraction of sp³-hybridized carbons (Fsp3) is 0.471. The number of nitrogens with zero attached hydrogens (tertiary/aromatic N) is 3. The number of anilines is 2. The lowest BCUT2D eigenvalue weighted by molar-refractivity contribution is 0.0860. The zero-order valence-corrected chi connectivity index (χ0v) is 17.0. The van der Waals surface area contributed by atoms with Gasteiger partial charge < -0.3 is 9.74 Å². The van der Waals surface area contributed by atoms with E-state index in [9.17, 15) is 0 Å². The van der Waals surface area contributed by atoms with Gasteiger partial charge in [0.1, 0.15) is 16.8 Å². The molecule has 2 aromatic heterocycles. The minimum Gasteiger partial charge on any atom is -0.413 e. The lowest BCUT2D eigenvalue weighted by Crippen LogP contribution is -2.26. The molecule has 0 amide bonds. The summed E-state index contributed by atoms with van der Waals surface area (Å²) in [6.07, 6.45) is 3.39. The predicted octanol–water partition coefficient (Wildman–Crippen LogP) is 4.55. The highest BCUT2D eigenvalue weighted by Crippen LogP contribution is 2.39. The lowest BCUT2D eigenvalue weighted by atomic mass is 9.83. The van der Waals surface area contributed by atoms with E-state index in [4.69, 9.17) is 9.69 Å². The van der Waals surface area contributed by atoms with Crippen molar-refractivity contribution in [2.24, 2.45) is 5.41 Å². The summed E-state index contributed by atoms with van der Waals surface area (Å²) in [6, 6.07) is 4.14. The van der Waals surface area contributed by atoms with Crippen LogP contribution in [-0.2, 0) is 4.43 Å². The average Bonchev–Trinajstić information content (AvgIpc) is 2.94. The van der Waals surface area contributed by atoms with E-state index in [2.05, 4.69) is 55.2 Å². The Hall–Kier alpha value is -1.75. The van der Waals surface area contributed by atoms with E-state index in [1.165, 1.54) is 11.3 Å². The topological polar surface area (TPSA) is 70.8 Å². The summed E-state index contributed by atoms with van der Waals surface area (Å²) in [5.74, 6) is 0.759. The molecule has 0 saturated heterocycles. The van der Waals surface area contributed by atoms with Gasteiger partial charge in [0, 0.05) is 6.20 Å². The van der Waals surface area contributed by atoms with E-state index in [1.807, 2.05) is 13.0 Å². The van der Waals surface area contributed by atoms with Crippen LogP contribution >= 0.6 is 11.3 Å². The highest BCUT2D eigenvalue weighted by atomic mass is 32.1. The fourth-order valence-corrected chi connectivity index (χ4v) is 4.17. The van der Waals surface area contributed by atoms with Crippen molar-refractivity contribution in [3.05, 3.63) is 34.5 Å². The van der Waals surface area contributed by atoms with Crippen LogP contribution in [0, 0.1) is 23.7 Å². The number of nitriles is 1. The molecule has 7 heteroatoms. The molecule has 0 bridgehead atoms. The highest BCUT2D eigenvalue weighted by molar-refractivity contribution is 7.16. The fourth-order valence-electron chi connectivity index (χ4n) is 2.46. The van der Waals surface area contributed by atoms with E-state index in [1.54, 1.807) is 12.4 Å². The standard InChI is InChI=1S/C17H24N4OSSi/c1-11-13(14(17(2,3)4)22-24(5)6)7-8-19-15(11)21-16-20-10-12(9-18)23-16/h7-8,10,14,24H,1-6H3,(H,19,20,21). The molecule has 2 aromatic rings. The van der Waals surface area contributed by atoms with Crippen LogP contribution in [0.3, 0.4) is 0 Å². The summed E-state index contributed by atoms with van der Waals surface area (Å²) in [7, 11) is -1.19. The van der Waals surface area contributed by atoms with Gasteiger partial charge in [-0.3, -0.25) is 0 Å². The number of aromatic nitrogens is 2. The largest absolute Gasteiger partial charge is 0.413 e. The molecule has 1 atom stereocenters. The molecule has 128 valence electrons. The molecule has 0 saturated carbocycles. The van der Waals surface area contributed by atoms with Crippen LogP contribution in [-0.4, -0.2) is 19.0 Å². The Morgan fingerprint density at radius 1 is 1.33 bits per heavy atom. The molecule has 5 nitrogen and oxygen atoms in total. The summed E-state index contributed by atoms with van der Waals surface area (Å²) in [4.78, 5) is 9.23. The minimum atomic E-state index is -1.19. The summed E-state index contributed by atoms with van der Waals surface area (Å²) in [5, 5.41) is 12.8. The molecule has 1 N–H and O–H groups in total. The van der Waals surface area contributed by atoms with E-state index < -0.39 is 9.04 Å². The van der Waals surface area contributed by atoms with Gasteiger partial charge in [0.15, 0.2) is 14.2 Å². The van der Waals surface area contributed by atoms with Crippen molar-refractivity contribution in [2.45, 2.75) is 46.9 Å². The quantitative estimate of drug-likeness (QED) is 0.792. The Kier molecular flexibility index (Phi) is 5.75. The average molecular weight is 361 g/mol. The first-order valence-electron chi connectivity index (χ1n) is 7.96. The molecule has 2 heterocycles. The Balaban J connectivity index is 2.36. The maximum atomic E-state index is 8.93. The summed E-state index contributed by atoms with van der Waals surface area (Å²) < 4.78 is 6.34. The van der Waals surface area contributed by atoms with Gasteiger partial charge in [-0.25, -0.2) is 9.97 Å². The van der Waals surface area contributed by atoms with E-state index in [0.717, 1.165) is 16.9 Å². The van der Waals surface area contributed by atoms with Gasteiger partial charge in [-0.2, -0.15) is 5.26 Å². The van der Waals surface area contributed by atoms with Crippen LogP contribution < -0.4 is 5.32 Å². The predicted molar refractivity (Wildman–Crippen MR) is 101 cm³/mol. The third kappa shape index (κ3) is 4.41. The molecule has 0 fully saturated rings. The smallest absolute Gasteiger partial charge is 0.189 e. The Labute approximate surface area is 149 Å². The van der Waals surface area contributed by atoms with Gasteiger partial charge in [0.2, 0.25) is 0 Å².